The van der Waals surface area contributed by atoms with Gasteiger partial charge in [-0.3, -0.25) is 20.6 Å². The number of aromatic nitrogens is 3. The van der Waals surface area contributed by atoms with Gasteiger partial charge >= 0.3 is 0 Å². The summed E-state index contributed by atoms with van der Waals surface area (Å²) in [6.07, 6.45) is 11.6. The summed E-state index contributed by atoms with van der Waals surface area (Å²) in [7, 11) is 1.84. The first-order valence-corrected chi connectivity index (χ1v) is 9.21. The van der Waals surface area contributed by atoms with Crippen LogP contribution in [-0.2, 0) is 0 Å². The Labute approximate surface area is 153 Å². The summed E-state index contributed by atoms with van der Waals surface area (Å²) < 4.78 is 0. The minimum Gasteiger partial charge on any atom is -0.340 e. The highest BCUT2D eigenvalue weighted by Gasteiger charge is 2.38. The summed E-state index contributed by atoms with van der Waals surface area (Å²) in [6, 6.07) is 4.58. The van der Waals surface area contributed by atoms with Gasteiger partial charge in [-0.2, -0.15) is 0 Å². The molecule has 2 aromatic rings. The van der Waals surface area contributed by atoms with Crippen LogP contribution in [0, 0.1) is 5.92 Å². The van der Waals surface area contributed by atoms with Crippen LogP contribution in [0.15, 0.2) is 36.9 Å². The monoisotopic (exact) mass is 352 g/mol. The Balaban J connectivity index is 1.40. The number of rotatable bonds is 4. The molecule has 2 fully saturated rings. The zero-order chi connectivity index (χ0) is 17.9. The van der Waals surface area contributed by atoms with E-state index in [1.807, 2.05) is 19.2 Å². The lowest BCUT2D eigenvalue weighted by atomic mass is 9.81. The van der Waals surface area contributed by atoms with Crippen LogP contribution in [0.5, 0.6) is 0 Å². The van der Waals surface area contributed by atoms with Crippen molar-refractivity contribution < 1.29 is 4.79 Å². The molecule has 0 radical (unpaired) electrons. The summed E-state index contributed by atoms with van der Waals surface area (Å²) in [4.78, 5) is 27.2. The van der Waals surface area contributed by atoms with Crippen molar-refractivity contribution in [2.45, 2.75) is 37.8 Å². The van der Waals surface area contributed by atoms with E-state index in [2.05, 4.69) is 25.8 Å². The predicted molar refractivity (Wildman–Crippen MR) is 98.0 cm³/mol. The Morgan fingerprint density at radius 1 is 1.19 bits per heavy atom. The smallest absolute Gasteiger partial charge is 0.256 e. The summed E-state index contributed by atoms with van der Waals surface area (Å²) in [6.45, 7) is 0.678. The second kappa shape index (κ2) is 7.47. The van der Waals surface area contributed by atoms with Gasteiger partial charge in [0, 0.05) is 56.0 Å². The van der Waals surface area contributed by atoms with E-state index in [0.717, 1.165) is 5.56 Å². The van der Waals surface area contributed by atoms with Crippen molar-refractivity contribution in [3.63, 3.8) is 0 Å². The highest BCUT2D eigenvalue weighted by Crippen LogP contribution is 2.30. The number of hydrogen-bond donors (Lipinski definition) is 2. The normalized spacial score (nSPS) is 24.9. The quantitative estimate of drug-likeness (QED) is 0.871. The molecule has 26 heavy (non-hydrogen) atoms. The topological polar surface area (TPSA) is 83.0 Å². The van der Waals surface area contributed by atoms with Gasteiger partial charge in [0.25, 0.3) is 5.91 Å². The fourth-order valence-corrected chi connectivity index (χ4v) is 4.00. The third-order valence-electron chi connectivity index (χ3n) is 5.43. The number of hydrazine groups is 1. The van der Waals surface area contributed by atoms with E-state index < -0.39 is 0 Å². The molecule has 7 heteroatoms. The van der Waals surface area contributed by atoms with Crippen LogP contribution in [0.3, 0.4) is 0 Å². The Hall–Kier alpha value is -2.38. The van der Waals surface area contributed by atoms with E-state index in [9.17, 15) is 4.79 Å². The fraction of sp³-hybridized carbons (Fsp3) is 0.474. The molecule has 0 bridgehead atoms. The van der Waals surface area contributed by atoms with Crippen molar-refractivity contribution >= 4 is 5.91 Å². The van der Waals surface area contributed by atoms with Crippen LogP contribution in [0.4, 0.5) is 0 Å². The molecule has 2 N–H and O–H groups in total. The van der Waals surface area contributed by atoms with E-state index in [-0.39, 0.29) is 5.91 Å². The first-order chi connectivity index (χ1) is 12.7. The molecule has 0 aromatic carbocycles. The van der Waals surface area contributed by atoms with E-state index in [1.165, 1.54) is 25.7 Å². The second-order valence-electron chi connectivity index (χ2n) is 7.17. The van der Waals surface area contributed by atoms with Crippen LogP contribution in [-0.4, -0.2) is 51.4 Å². The lowest BCUT2D eigenvalue weighted by molar-refractivity contribution is 0.0771. The van der Waals surface area contributed by atoms with Gasteiger partial charge in [0.2, 0.25) is 0 Å². The van der Waals surface area contributed by atoms with Crippen LogP contribution in [0.25, 0.3) is 11.4 Å². The number of likely N-dealkylation sites (N-methyl/N-ethyl adjacent to an activating group) is 1. The molecule has 136 valence electrons. The fourth-order valence-electron chi connectivity index (χ4n) is 4.00. The first kappa shape index (κ1) is 17.1. The maximum atomic E-state index is 12.7. The minimum atomic E-state index is -0.0520. The number of pyridine rings is 1. The molecule has 1 aliphatic heterocycles. The average molecular weight is 352 g/mol. The molecular formula is C19H24N6O. The highest BCUT2D eigenvalue weighted by molar-refractivity contribution is 5.93. The number of fused-ring (bicyclic) bond motifs is 1. The molecule has 3 unspecified atom stereocenters. The number of hydrogen-bond acceptors (Lipinski definition) is 6. The van der Waals surface area contributed by atoms with E-state index in [4.69, 9.17) is 0 Å². The molecule has 1 saturated carbocycles. The average Bonchev–Trinajstić information content (AvgIpc) is 3.11. The zero-order valence-corrected chi connectivity index (χ0v) is 14.9. The standard InChI is InChI=1S/C19H24N6O/c1-25(12-17-15-6-2-3-7-16(15)23-24-17)19(26)14-10-21-18(22-11-14)13-5-4-8-20-9-13/h4-5,8-11,15-17,23-24H,2-3,6-7,12H2,1H3. The lowest BCUT2D eigenvalue weighted by Gasteiger charge is -2.29. The number of carbonyl (C=O) groups is 1. The summed E-state index contributed by atoms with van der Waals surface area (Å²) in [5.41, 5.74) is 8.13. The predicted octanol–water partition coefficient (Wildman–Crippen LogP) is 1.65. The van der Waals surface area contributed by atoms with Gasteiger partial charge in [0.1, 0.15) is 0 Å². The van der Waals surface area contributed by atoms with Crippen molar-refractivity contribution in [2.24, 2.45) is 5.92 Å². The molecule has 2 aliphatic rings. The summed E-state index contributed by atoms with van der Waals surface area (Å²) in [5, 5.41) is 0. The second-order valence-corrected chi connectivity index (χ2v) is 7.17. The summed E-state index contributed by atoms with van der Waals surface area (Å²) in [5.74, 6) is 1.12. The Morgan fingerprint density at radius 3 is 2.77 bits per heavy atom. The largest absolute Gasteiger partial charge is 0.340 e. The highest BCUT2D eigenvalue weighted by atomic mass is 16.2. The van der Waals surface area contributed by atoms with E-state index >= 15 is 0 Å². The number of carbonyl (C=O) groups excluding carboxylic acids is 1. The number of nitrogens with one attached hydrogen (secondary N) is 2. The van der Waals surface area contributed by atoms with Crippen molar-refractivity contribution in [3.05, 3.63) is 42.5 Å². The van der Waals surface area contributed by atoms with Crippen LogP contribution in [0.2, 0.25) is 0 Å². The van der Waals surface area contributed by atoms with Gasteiger partial charge in [0.05, 0.1) is 5.56 Å². The van der Waals surface area contributed by atoms with Crippen LogP contribution in [0.1, 0.15) is 36.0 Å². The molecule has 3 heterocycles. The third kappa shape index (κ3) is 3.45. The van der Waals surface area contributed by atoms with Crippen molar-refractivity contribution in [1.82, 2.24) is 30.7 Å². The SMILES string of the molecule is CN(CC1NNC2CCCCC21)C(=O)c1cnc(-c2cccnc2)nc1. The maximum Gasteiger partial charge on any atom is 0.256 e. The Bertz CT molecular complexity index is 750. The van der Waals surface area contributed by atoms with Gasteiger partial charge in [-0.25, -0.2) is 9.97 Å². The first-order valence-electron chi connectivity index (χ1n) is 9.21. The molecule has 0 spiro atoms. The molecular weight excluding hydrogens is 328 g/mol. The Kier molecular flexibility index (Phi) is 4.90. The third-order valence-corrected chi connectivity index (χ3v) is 5.43. The molecule has 4 rings (SSSR count). The van der Waals surface area contributed by atoms with E-state index in [1.54, 1.807) is 29.7 Å². The van der Waals surface area contributed by atoms with Crippen LogP contribution < -0.4 is 10.9 Å². The maximum absolute atomic E-state index is 12.7. The summed E-state index contributed by atoms with van der Waals surface area (Å²) >= 11 is 0. The lowest BCUT2D eigenvalue weighted by Crippen LogP contribution is -2.43. The van der Waals surface area contributed by atoms with Gasteiger partial charge < -0.3 is 4.90 Å². The molecule has 1 aliphatic carbocycles. The number of amides is 1. The van der Waals surface area contributed by atoms with E-state index in [0.29, 0.717) is 35.9 Å². The molecule has 1 amide bonds. The number of nitrogens with zero attached hydrogens (tertiary/aromatic N) is 4. The molecule has 2 aromatic heterocycles. The Morgan fingerprint density at radius 2 is 2.00 bits per heavy atom. The molecule has 1 saturated heterocycles. The molecule has 7 nitrogen and oxygen atoms in total. The van der Waals surface area contributed by atoms with Gasteiger partial charge in [-0.1, -0.05) is 12.8 Å². The van der Waals surface area contributed by atoms with Crippen molar-refractivity contribution in [3.8, 4) is 11.4 Å². The van der Waals surface area contributed by atoms with Gasteiger partial charge in [-0.15, -0.1) is 0 Å². The van der Waals surface area contributed by atoms with Crippen molar-refractivity contribution in [1.29, 1.82) is 0 Å². The van der Waals surface area contributed by atoms with Gasteiger partial charge in [-0.05, 0) is 30.9 Å². The van der Waals surface area contributed by atoms with Crippen molar-refractivity contribution in [2.75, 3.05) is 13.6 Å². The zero-order valence-electron chi connectivity index (χ0n) is 14.9. The minimum absolute atomic E-state index is 0.0520. The molecule has 3 atom stereocenters. The van der Waals surface area contributed by atoms with Crippen LogP contribution >= 0.6 is 0 Å². The van der Waals surface area contributed by atoms with Gasteiger partial charge in [0.15, 0.2) is 5.82 Å².